The third kappa shape index (κ3) is 3.80. The molecule has 7 nitrogen and oxygen atoms in total. The van der Waals surface area contributed by atoms with Crippen LogP contribution in [-0.4, -0.2) is 45.6 Å². The number of amides is 2. The van der Waals surface area contributed by atoms with Gasteiger partial charge in [-0.05, 0) is 31.0 Å². The van der Waals surface area contributed by atoms with Crippen LogP contribution < -0.4 is 5.32 Å². The Morgan fingerprint density at radius 2 is 2.30 bits per heavy atom. The Hall–Kier alpha value is -2.57. The number of carbonyl (C=O) groups excluding carboxylic acids is 2. The van der Waals surface area contributed by atoms with Gasteiger partial charge in [0.25, 0.3) is 0 Å². The summed E-state index contributed by atoms with van der Waals surface area (Å²) in [4.78, 5) is 25.4. The van der Waals surface area contributed by atoms with Crippen LogP contribution in [0.3, 0.4) is 0 Å². The monoisotopic (exact) mass is 316 g/mol. The van der Waals surface area contributed by atoms with Crippen molar-refractivity contribution in [3.8, 4) is 11.5 Å². The molecule has 1 aliphatic rings. The second-order valence-electron chi connectivity index (χ2n) is 5.76. The van der Waals surface area contributed by atoms with Crippen LogP contribution in [0.5, 0.6) is 0 Å². The zero-order valence-corrected chi connectivity index (χ0v) is 13.1. The zero-order valence-electron chi connectivity index (χ0n) is 13.1. The molecule has 1 saturated heterocycles. The fourth-order valence-corrected chi connectivity index (χ4v) is 2.85. The zero-order chi connectivity index (χ0) is 16.2. The fraction of sp³-hybridized carbons (Fsp3) is 0.438. The second-order valence-corrected chi connectivity index (χ2v) is 5.76. The summed E-state index contributed by atoms with van der Waals surface area (Å²) in [5.41, 5.74) is 0.706. The van der Waals surface area contributed by atoms with Gasteiger partial charge in [0.15, 0.2) is 5.76 Å². The van der Waals surface area contributed by atoms with Gasteiger partial charge in [-0.1, -0.05) is 0 Å². The van der Waals surface area contributed by atoms with E-state index in [4.69, 9.17) is 4.42 Å². The highest BCUT2D eigenvalue weighted by Gasteiger charge is 2.24. The number of nitrogens with one attached hydrogen (secondary N) is 1. The van der Waals surface area contributed by atoms with E-state index in [-0.39, 0.29) is 24.4 Å². The topological polar surface area (TPSA) is 80.4 Å². The molecule has 1 N–H and O–H groups in total. The fourth-order valence-electron chi connectivity index (χ4n) is 2.85. The molecule has 0 unspecified atom stereocenters. The van der Waals surface area contributed by atoms with Crippen molar-refractivity contribution in [3.05, 3.63) is 30.7 Å². The highest BCUT2D eigenvalue weighted by molar-refractivity contribution is 5.76. The van der Waals surface area contributed by atoms with Crippen LogP contribution in [-0.2, 0) is 16.1 Å². The van der Waals surface area contributed by atoms with Gasteiger partial charge in [-0.15, -0.1) is 0 Å². The minimum absolute atomic E-state index is 0.00847. The van der Waals surface area contributed by atoms with Crippen molar-refractivity contribution in [1.82, 2.24) is 20.0 Å². The first-order valence-electron chi connectivity index (χ1n) is 7.74. The van der Waals surface area contributed by atoms with Crippen molar-refractivity contribution < 1.29 is 14.0 Å². The number of aromatic nitrogens is 2. The molecule has 7 heteroatoms. The lowest BCUT2D eigenvalue weighted by molar-refractivity contribution is -0.134. The van der Waals surface area contributed by atoms with Crippen molar-refractivity contribution >= 4 is 11.8 Å². The van der Waals surface area contributed by atoms with E-state index < -0.39 is 0 Å². The summed E-state index contributed by atoms with van der Waals surface area (Å²) in [6.45, 7) is 2.97. The summed E-state index contributed by atoms with van der Waals surface area (Å²) < 4.78 is 6.91. The molecule has 0 aliphatic carbocycles. The van der Waals surface area contributed by atoms with Gasteiger partial charge < -0.3 is 14.6 Å². The number of carbonyl (C=O) groups is 2. The van der Waals surface area contributed by atoms with E-state index in [1.54, 1.807) is 28.1 Å². The SMILES string of the molecule is CC(=O)N[C@@H]1CCCN(C(=O)Cn2ccc(-c3ccco3)n2)C1. The minimum atomic E-state index is -0.0561. The molecule has 1 atom stereocenters. The molecule has 2 aromatic rings. The quantitative estimate of drug-likeness (QED) is 0.921. The molecule has 0 saturated carbocycles. The van der Waals surface area contributed by atoms with Gasteiger partial charge >= 0.3 is 0 Å². The number of likely N-dealkylation sites (tertiary alicyclic amines) is 1. The van der Waals surface area contributed by atoms with Gasteiger partial charge in [0, 0.05) is 32.3 Å². The van der Waals surface area contributed by atoms with Crippen LogP contribution in [0.2, 0.25) is 0 Å². The first kappa shape index (κ1) is 15.3. The van der Waals surface area contributed by atoms with Gasteiger partial charge in [0.05, 0.1) is 6.26 Å². The number of rotatable bonds is 4. The molecule has 2 aromatic heterocycles. The van der Waals surface area contributed by atoms with Crippen LogP contribution >= 0.6 is 0 Å². The lowest BCUT2D eigenvalue weighted by atomic mass is 10.1. The normalized spacial score (nSPS) is 18.0. The summed E-state index contributed by atoms with van der Waals surface area (Å²) in [7, 11) is 0. The van der Waals surface area contributed by atoms with Crippen molar-refractivity contribution in [1.29, 1.82) is 0 Å². The van der Waals surface area contributed by atoms with E-state index in [1.165, 1.54) is 6.92 Å². The molecule has 3 heterocycles. The van der Waals surface area contributed by atoms with E-state index in [0.717, 1.165) is 19.4 Å². The van der Waals surface area contributed by atoms with Crippen molar-refractivity contribution in [2.75, 3.05) is 13.1 Å². The third-order valence-electron chi connectivity index (χ3n) is 3.89. The summed E-state index contributed by atoms with van der Waals surface area (Å²) in [5, 5.41) is 7.25. The van der Waals surface area contributed by atoms with E-state index in [9.17, 15) is 9.59 Å². The smallest absolute Gasteiger partial charge is 0.244 e. The van der Waals surface area contributed by atoms with Crippen molar-refractivity contribution in [2.45, 2.75) is 32.4 Å². The number of piperidine rings is 1. The summed E-state index contributed by atoms with van der Waals surface area (Å²) in [6, 6.07) is 5.50. The van der Waals surface area contributed by atoms with Gasteiger partial charge in [-0.3, -0.25) is 14.3 Å². The molecule has 23 heavy (non-hydrogen) atoms. The molecule has 2 amide bonds. The first-order chi connectivity index (χ1) is 11.1. The van der Waals surface area contributed by atoms with Crippen LogP contribution in [0.4, 0.5) is 0 Å². The third-order valence-corrected chi connectivity index (χ3v) is 3.89. The molecular weight excluding hydrogens is 296 g/mol. The lowest BCUT2D eigenvalue weighted by Crippen LogP contribution is -2.49. The van der Waals surface area contributed by atoms with Crippen molar-refractivity contribution in [3.63, 3.8) is 0 Å². The molecule has 3 rings (SSSR count). The standard InChI is InChI=1S/C16H20N4O3/c1-12(21)17-13-4-2-7-19(10-13)16(22)11-20-8-6-14(18-20)15-5-3-9-23-15/h3,5-6,8-9,13H,2,4,7,10-11H2,1H3,(H,17,21)/t13-/m1/s1. The van der Waals surface area contributed by atoms with Gasteiger partial charge in [-0.25, -0.2) is 0 Å². The molecule has 0 bridgehead atoms. The number of nitrogens with zero attached hydrogens (tertiary/aromatic N) is 3. The maximum Gasteiger partial charge on any atom is 0.244 e. The lowest BCUT2D eigenvalue weighted by Gasteiger charge is -2.33. The highest BCUT2D eigenvalue weighted by Crippen LogP contribution is 2.17. The highest BCUT2D eigenvalue weighted by atomic mass is 16.3. The average molecular weight is 316 g/mol. The van der Waals surface area contributed by atoms with Crippen LogP contribution in [0.15, 0.2) is 35.1 Å². The molecule has 1 fully saturated rings. The molecule has 122 valence electrons. The Balaban J connectivity index is 1.59. The summed E-state index contributed by atoms with van der Waals surface area (Å²) in [6.07, 6.45) is 5.17. The van der Waals surface area contributed by atoms with E-state index in [2.05, 4.69) is 10.4 Å². The Bertz CT molecular complexity index is 677. The van der Waals surface area contributed by atoms with Gasteiger partial charge in [0.2, 0.25) is 11.8 Å². The molecule has 0 spiro atoms. The molecule has 0 aromatic carbocycles. The Labute approximate surface area is 134 Å². The van der Waals surface area contributed by atoms with Crippen LogP contribution in [0.1, 0.15) is 19.8 Å². The molecule has 0 radical (unpaired) electrons. The Morgan fingerprint density at radius 3 is 3.04 bits per heavy atom. The van der Waals surface area contributed by atoms with Gasteiger partial charge in [-0.2, -0.15) is 5.10 Å². The largest absolute Gasteiger partial charge is 0.463 e. The molecular formula is C16H20N4O3. The maximum atomic E-state index is 12.4. The number of hydrogen-bond acceptors (Lipinski definition) is 4. The average Bonchev–Trinajstić information content (AvgIpc) is 3.17. The maximum absolute atomic E-state index is 12.4. The number of hydrogen-bond donors (Lipinski definition) is 1. The Morgan fingerprint density at radius 1 is 1.43 bits per heavy atom. The Kier molecular flexibility index (Phi) is 4.45. The number of furan rings is 1. The molecule has 1 aliphatic heterocycles. The minimum Gasteiger partial charge on any atom is -0.463 e. The van der Waals surface area contributed by atoms with Crippen molar-refractivity contribution in [2.24, 2.45) is 0 Å². The predicted octanol–water partition coefficient (Wildman–Crippen LogP) is 1.27. The van der Waals surface area contributed by atoms with E-state index in [1.807, 2.05) is 12.1 Å². The first-order valence-corrected chi connectivity index (χ1v) is 7.74. The second kappa shape index (κ2) is 6.68. The van der Waals surface area contributed by atoms with Crippen LogP contribution in [0, 0.1) is 0 Å². The predicted molar refractivity (Wildman–Crippen MR) is 83.3 cm³/mol. The van der Waals surface area contributed by atoms with Gasteiger partial charge in [0.1, 0.15) is 12.2 Å². The summed E-state index contributed by atoms with van der Waals surface area (Å²) >= 11 is 0. The van der Waals surface area contributed by atoms with E-state index >= 15 is 0 Å². The summed E-state index contributed by atoms with van der Waals surface area (Å²) in [5.74, 6) is 0.633. The van der Waals surface area contributed by atoms with E-state index in [0.29, 0.717) is 18.0 Å². The van der Waals surface area contributed by atoms with Crippen LogP contribution in [0.25, 0.3) is 11.5 Å².